The standard InChI is InChI=1S/C13H19ClFN3/c1-3-18(7-9(2)13(16)17)8-10-4-5-11(15)6-12(10)14/h4-6,9H,3,7-8H2,1-2H3,(H3,16,17). The van der Waals surface area contributed by atoms with Gasteiger partial charge in [0, 0.05) is 24.0 Å². The van der Waals surface area contributed by atoms with Gasteiger partial charge in [0.1, 0.15) is 5.82 Å². The lowest BCUT2D eigenvalue weighted by Gasteiger charge is -2.24. The van der Waals surface area contributed by atoms with E-state index in [2.05, 4.69) is 4.90 Å². The summed E-state index contributed by atoms with van der Waals surface area (Å²) in [6.45, 7) is 6.10. The minimum absolute atomic E-state index is 0.00386. The summed E-state index contributed by atoms with van der Waals surface area (Å²) in [5.41, 5.74) is 6.35. The van der Waals surface area contributed by atoms with E-state index in [4.69, 9.17) is 22.7 Å². The maximum atomic E-state index is 12.9. The number of amidine groups is 1. The summed E-state index contributed by atoms with van der Waals surface area (Å²) in [6.07, 6.45) is 0. The van der Waals surface area contributed by atoms with Crippen LogP contribution in [0.3, 0.4) is 0 Å². The predicted octanol–water partition coefficient (Wildman–Crippen LogP) is 2.87. The normalized spacial score (nSPS) is 12.7. The zero-order valence-corrected chi connectivity index (χ0v) is 11.5. The number of rotatable bonds is 6. The highest BCUT2D eigenvalue weighted by molar-refractivity contribution is 6.31. The van der Waals surface area contributed by atoms with Crippen LogP contribution in [0.5, 0.6) is 0 Å². The molecule has 0 spiro atoms. The molecule has 0 aliphatic rings. The smallest absolute Gasteiger partial charge is 0.124 e. The van der Waals surface area contributed by atoms with Crippen LogP contribution in [-0.2, 0) is 6.54 Å². The van der Waals surface area contributed by atoms with Crippen LogP contribution in [0, 0.1) is 17.1 Å². The molecule has 3 N–H and O–H groups in total. The van der Waals surface area contributed by atoms with E-state index in [-0.39, 0.29) is 17.6 Å². The molecule has 1 unspecified atom stereocenters. The summed E-state index contributed by atoms with van der Waals surface area (Å²) in [7, 11) is 0. The van der Waals surface area contributed by atoms with Gasteiger partial charge in [0.2, 0.25) is 0 Å². The molecule has 3 nitrogen and oxygen atoms in total. The van der Waals surface area contributed by atoms with Crippen molar-refractivity contribution in [1.82, 2.24) is 4.90 Å². The predicted molar refractivity (Wildman–Crippen MR) is 73.4 cm³/mol. The fourth-order valence-corrected chi connectivity index (χ4v) is 1.91. The first-order chi connectivity index (χ1) is 8.43. The molecule has 1 atom stereocenters. The second-order valence-corrected chi connectivity index (χ2v) is 4.83. The average molecular weight is 272 g/mol. The highest BCUT2D eigenvalue weighted by Gasteiger charge is 2.13. The molecule has 0 heterocycles. The number of halogens is 2. The van der Waals surface area contributed by atoms with Crippen molar-refractivity contribution in [2.45, 2.75) is 20.4 Å². The molecular weight excluding hydrogens is 253 g/mol. The SMILES string of the molecule is CCN(Cc1ccc(F)cc1Cl)CC(C)C(=N)N. The minimum atomic E-state index is -0.330. The average Bonchev–Trinajstić information content (AvgIpc) is 2.31. The molecular formula is C13H19ClFN3. The molecule has 0 aliphatic heterocycles. The Morgan fingerprint density at radius 3 is 2.72 bits per heavy atom. The third kappa shape index (κ3) is 4.27. The molecule has 5 heteroatoms. The number of hydrogen-bond donors (Lipinski definition) is 2. The van der Waals surface area contributed by atoms with Gasteiger partial charge in [0.25, 0.3) is 0 Å². The summed E-state index contributed by atoms with van der Waals surface area (Å²) in [5.74, 6) is -0.147. The van der Waals surface area contributed by atoms with Crippen molar-refractivity contribution >= 4 is 17.4 Å². The van der Waals surface area contributed by atoms with Gasteiger partial charge in [-0.25, -0.2) is 4.39 Å². The zero-order valence-electron chi connectivity index (χ0n) is 10.7. The van der Waals surface area contributed by atoms with Crippen molar-refractivity contribution in [2.75, 3.05) is 13.1 Å². The molecule has 1 aromatic carbocycles. The first-order valence-electron chi connectivity index (χ1n) is 5.94. The van der Waals surface area contributed by atoms with Crippen molar-refractivity contribution in [3.05, 3.63) is 34.6 Å². The van der Waals surface area contributed by atoms with E-state index in [0.29, 0.717) is 18.1 Å². The Bertz CT molecular complexity index is 423. The van der Waals surface area contributed by atoms with Gasteiger partial charge in [-0.1, -0.05) is 31.5 Å². The summed E-state index contributed by atoms with van der Waals surface area (Å²) in [4.78, 5) is 2.13. The van der Waals surface area contributed by atoms with E-state index in [0.717, 1.165) is 12.1 Å². The Balaban J connectivity index is 2.70. The fraction of sp³-hybridized carbons (Fsp3) is 0.462. The maximum Gasteiger partial charge on any atom is 0.124 e. The lowest BCUT2D eigenvalue weighted by molar-refractivity contribution is 0.263. The van der Waals surface area contributed by atoms with E-state index >= 15 is 0 Å². The first kappa shape index (κ1) is 14.9. The van der Waals surface area contributed by atoms with Crippen molar-refractivity contribution < 1.29 is 4.39 Å². The molecule has 0 aliphatic carbocycles. The molecule has 1 rings (SSSR count). The van der Waals surface area contributed by atoms with Crippen LogP contribution >= 0.6 is 11.6 Å². The summed E-state index contributed by atoms with van der Waals surface area (Å²) < 4.78 is 12.9. The molecule has 0 aromatic heterocycles. The quantitative estimate of drug-likeness (QED) is 0.617. The number of nitrogens with two attached hydrogens (primary N) is 1. The Morgan fingerprint density at radius 2 is 2.22 bits per heavy atom. The maximum absolute atomic E-state index is 12.9. The third-order valence-electron chi connectivity index (χ3n) is 2.92. The van der Waals surface area contributed by atoms with Crippen LogP contribution in [0.4, 0.5) is 4.39 Å². The van der Waals surface area contributed by atoms with Gasteiger partial charge in [-0.05, 0) is 24.2 Å². The van der Waals surface area contributed by atoms with Crippen molar-refractivity contribution in [3.63, 3.8) is 0 Å². The van der Waals surface area contributed by atoms with Gasteiger partial charge in [-0.2, -0.15) is 0 Å². The second-order valence-electron chi connectivity index (χ2n) is 4.42. The first-order valence-corrected chi connectivity index (χ1v) is 6.32. The van der Waals surface area contributed by atoms with Gasteiger partial charge in [-0.15, -0.1) is 0 Å². The number of hydrogen-bond acceptors (Lipinski definition) is 2. The third-order valence-corrected chi connectivity index (χ3v) is 3.27. The van der Waals surface area contributed by atoms with E-state index in [9.17, 15) is 4.39 Å². The highest BCUT2D eigenvalue weighted by atomic mass is 35.5. The van der Waals surface area contributed by atoms with E-state index in [1.165, 1.54) is 12.1 Å². The Morgan fingerprint density at radius 1 is 1.56 bits per heavy atom. The van der Waals surface area contributed by atoms with Crippen LogP contribution in [0.25, 0.3) is 0 Å². The molecule has 0 fully saturated rings. The minimum Gasteiger partial charge on any atom is -0.387 e. The number of nitrogens with zero attached hydrogens (tertiary/aromatic N) is 1. The van der Waals surface area contributed by atoms with Gasteiger partial charge >= 0.3 is 0 Å². The van der Waals surface area contributed by atoms with Gasteiger partial charge in [0.05, 0.1) is 5.84 Å². The van der Waals surface area contributed by atoms with E-state index in [1.54, 1.807) is 6.07 Å². The van der Waals surface area contributed by atoms with Crippen LogP contribution < -0.4 is 5.73 Å². The van der Waals surface area contributed by atoms with Crippen LogP contribution in [0.1, 0.15) is 19.4 Å². The molecule has 18 heavy (non-hydrogen) atoms. The molecule has 0 amide bonds. The lowest BCUT2D eigenvalue weighted by atomic mass is 10.1. The monoisotopic (exact) mass is 271 g/mol. The van der Waals surface area contributed by atoms with Crippen LogP contribution in [0.2, 0.25) is 5.02 Å². The molecule has 0 saturated carbocycles. The van der Waals surface area contributed by atoms with Crippen molar-refractivity contribution in [1.29, 1.82) is 5.41 Å². The van der Waals surface area contributed by atoms with Gasteiger partial charge < -0.3 is 5.73 Å². The fourth-order valence-electron chi connectivity index (χ4n) is 1.68. The topological polar surface area (TPSA) is 53.1 Å². The van der Waals surface area contributed by atoms with Crippen molar-refractivity contribution in [2.24, 2.45) is 11.7 Å². The summed E-state index contributed by atoms with van der Waals surface area (Å²) in [5, 5.41) is 7.83. The van der Waals surface area contributed by atoms with Crippen LogP contribution in [0.15, 0.2) is 18.2 Å². The molecule has 0 bridgehead atoms. The van der Waals surface area contributed by atoms with Crippen molar-refractivity contribution in [3.8, 4) is 0 Å². The number of nitrogens with one attached hydrogen (secondary N) is 1. The number of benzene rings is 1. The zero-order chi connectivity index (χ0) is 13.7. The molecule has 1 aromatic rings. The Kier molecular flexibility index (Phi) is 5.56. The molecule has 0 radical (unpaired) electrons. The second kappa shape index (κ2) is 6.71. The Hall–Kier alpha value is -1.13. The summed E-state index contributed by atoms with van der Waals surface area (Å²) >= 11 is 6.00. The van der Waals surface area contributed by atoms with Gasteiger partial charge in [-0.3, -0.25) is 10.3 Å². The van der Waals surface area contributed by atoms with Gasteiger partial charge in [0.15, 0.2) is 0 Å². The van der Waals surface area contributed by atoms with E-state index < -0.39 is 0 Å². The molecule has 100 valence electrons. The lowest BCUT2D eigenvalue weighted by Crippen LogP contribution is -2.34. The highest BCUT2D eigenvalue weighted by Crippen LogP contribution is 2.19. The van der Waals surface area contributed by atoms with E-state index in [1.807, 2.05) is 13.8 Å². The van der Waals surface area contributed by atoms with Crippen LogP contribution in [-0.4, -0.2) is 23.8 Å². The summed E-state index contributed by atoms with van der Waals surface area (Å²) in [6, 6.07) is 4.42. The Labute approximate surface area is 112 Å². The largest absolute Gasteiger partial charge is 0.387 e. The molecule has 0 saturated heterocycles.